The summed E-state index contributed by atoms with van der Waals surface area (Å²) >= 11 is 0. The Kier molecular flexibility index (Phi) is 6.02. The van der Waals surface area contributed by atoms with Crippen LogP contribution in [0.4, 0.5) is 10.2 Å². The fraction of sp³-hybridized carbons (Fsp3) is 0.292. The lowest BCUT2D eigenvalue weighted by atomic mass is 9.95. The highest BCUT2D eigenvalue weighted by Gasteiger charge is 2.25. The topological polar surface area (TPSA) is 58.1 Å². The number of nitrogens with zero attached hydrogens (tertiary/aromatic N) is 3. The summed E-state index contributed by atoms with van der Waals surface area (Å²) in [6.07, 6.45) is 1.57. The van der Waals surface area contributed by atoms with Gasteiger partial charge >= 0.3 is 0 Å². The van der Waals surface area contributed by atoms with Gasteiger partial charge in [0.05, 0.1) is 5.69 Å². The molecule has 1 aliphatic heterocycles. The lowest BCUT2D eigenvalue weighted by molar-refractivity contribution is -0.125. The Hall–Kier alpha value is -3.28. The summed E-state index contributed by atoms with van der Waals surface area (Å²) in [5, 5.41) is 11.6. The molecule has 0 radical (unpaired) electrons. The minimum atomic E-state index is -0.291. The van der Waals surface area contributed by atoms with Crippen LogP contribution in [-0.2, 0) is 11.3 Å². The van der Waals surface area contributed by atoms with E-state index in [2.05, 4.69) is 39.5 Å². The number of benzene rings is 2. The third-order valence-electron chi connectivity index (χ3n) is 5.55. The van der Waals surface area contributed by atoms with Crippen molar-refractivity contribution in [3.05, 3.63) is 77.6 Å². The average molecular weight is 404 g/mol. The van der Waals surface area contributed by atoms with Crippen molar-refractivity contribution in [3.8, 4) is 11.3 Å². The van der Waals surface area contributed by atoms with Crippen molar-refractivity contribution in [2.45, 2.75) is 26.3 Å². The molecule has 0 spiro atoms. The van der Waals surface area contributed by atoms with Crippen LogP contribution in [0.5, 0.6) is 0 Å². The van der Waals surface area contributed by atoms with Crippen molar-refractivity contribution >= 4 is 11.7 Å². The van der Waals surface area contributed by atoms with Crippen LogP contribution in [0.3, 0.4) is 0 Å². The molecule has 1 aliphatic rings. The number of aromatic nitrogens is 2. The molecule has 0 aliphatic carbocycles. The number of aryl methyl sites for hydroxylation is 1. The van der Waals surface area contributed by atoms with Crippen LogP contribution < -0.4 is 10.2 Å². The number of nitrogens with one attached hydrogen (secondary N) is 1. The average Bonchev–Trinajstić information content (AvgIpc) is 2.79. The quantitative estimate of drug-likeness (QED) is 0.695. The molecule has 6 heteroatoms. The van der Waals surface area contributed by atoms with Crippen LogP contribution in [0.15, 0.2) is 60.7 Å². The van der Waals surface area contributed by atoms with Gasteiger partial charge in [-0.2, -0.15) is 0 Å². The van der Waals surface area contributed by atoms with Crippen LogP contribution in [-0.4, -0.2) is 29.2 Å². The van der Waals surface area contributed by atoms with Crippen LogP contribution in [0.25, 0.3) is 11.3 Å². The van der Waals surface area contributed by atoms with Crippen LogP contribution in [0, 0.1) is 18.7 Å². The van der Waals surface area contributed by atoms with Crippen molar-refractivity contribution in [1.29, 1.82) is 0 Å². The predicted molar refractivity (Wildman–Crippen MR) is 115 cm³/mol. The maximum absolute atomic E-state index is 13.4. The monoisotopic (exact) mass is 404 g/mol. The van der Waals surface area contributed by atoms with Crippen molar-refractivity contribution in [2.24, 2.45) is 5.92 Å². The molecule has 4 rings (SSSR count). The molecule has 2 aromatic carbocycles. The highest BCUT2D eigenvalue weighted by atomic mass is 19.1. The fourth-order valence-corrected chi connectivity index (χ4v) is 3.71. The highest BCUT2D eigenvalue weighted by molar-refractivity contribution is 5.79. The van der Waals surface area contributed by atoms with E-state index in [1.807, 2.05) is 30.3 Å². The van der Waals surface area contributed by atoms with E-state index in [1.54, 1.807) is 6.07 Å². The lowest BCUT2D eigenvalue weighted by Crippen LogP contribution is -2.40. The van der Waals surface area contributed by atoms with E-state index in [0.717, 1.165) is 37.3 Å². The number of piperidine rings is 1. The standard InChI is InChI=1S/C24H25FN4O/c1-17-5-7-18(8-6-17)16-26-24(30)19-11-13-29(14-12-19)23-10-9-22(27-28-23)20-3-2-4-21(25)15-20/h2-10,15,19H,11-14,16H2,1H3,(H,26,30). The second-order valence-electron chi connectivity index (χ2n) is 7.75. The molecule has 0 saturated carbocycles. The predicted octanol–water partition coefficient (Wildman–Crippen LogP) is 4.12. The number of hydrogen-bond donors (Lipinski definition) is 1. The molecule has 0 atom stereocenters. The largest absolute Gasteiger partial charge is 0.355 e. The second-order valence-corrected chi connectivity index (χ2v) is 7.75. The molecule has 1 saturated heterocycles. The van der Waals surface area contributed by atoms with E-state index < -0.39 is 0 Å². The van der Waals surface area contributed by atoms with Gasteiger partial charge in [0.25, 0.3) is 0 Å². The van der Waals surface area contributed by atoms with Gasteiger partial charge in [0.2, 0.25) is 5.91 Å². The van der Waals surface area contributed by atoms with Crippen molar-refractivity contribution in [1.82, 2.24) is 15.5 Å². The first kappa shape index (κ1) is 20.0. The van der Waals surface area contributed by atoms with E-state index in [9.17, 15) is 9.18 Å². The Morgan fingerprint density at radius 3 is 2.50 bits per heavy atom. The molecule has 30 heavy (non-hydrogen) atoms. The molecule has 0 unspecified atom stereocenters. The van der Waals surface area contributed by atoms with E-state index in [-0.39, 0.29) is 17.6 Å². The molecule has 1 fully saturated rings. The molecular formula is C24H25FN4O. The Bertz CT molecular complexity index is 996. The summed E-state index contributed by atoms with van der Waals surface area (Å²) in [6.45, 7) is 4.13. The molecule has 5 nitrogen and oxygen atoms in total. The summed E-state index contributed by atoms with van der Waals surface area (Å²) in [5.74, 6) is 0.628. The molecule has 154 valence electrons. The number of rotatable bonds is 5. The van der Waals surface area contributed by atoms with Crippen LogP contribution in [0.1, 0.15) is 24.0 Å². The van der Waals surface area contributed by atoms with Gasteiger partial charge in [-0.05, 0) is 49.6 Å². The summed E-state index contributed by atoms with van der Waals surface area (Å²) in [4.78, 5) is 14.7. The first-order valence-corrected chi connectivity index (χ1v) is 10.3. The van der Waals surface area contributed by atoms with E-state index >= 15 is 0 Å². The van der Waals surface area contributed by atoms with Gasteiger partial charge < -0.3 is 10.2 Å². The maximum Gasteiger partial charge on any atom is 0.223 e. The summed E-state index contributed by atoms with van der Waals surface area (Å²) < 4.78 is 13.4. The molecule has 0 bridgehead atoms. The van der Waals surface area contributed by atoms with Gasteiger partial charge in [-0.15, -0.1) is 10.2 Å². The lowest BCUT2D eigenvalue weighted by Gasteiger charge is -2.31. The Morgan fingerprint density at radius 2 is 1.83 bits per heavy atom. The zero-order valence-electron chi connectivity index (χ0n) is 17.0. The van der Waals surface area contributed by atoms with E-state index in [4.69, 9.17) is 0 Å². The number of carbonyl (C=O) groups is 1. The maximum atomic E-state index is 13.4. The number of amides is 1. The zero-order valence-corrected chi connectivity index (χ0v) is 17.0. The van der Waals surface area contributed by atoms with Crippen LogP contribution >= 0.6 is 0 Å². The van der Waals surface area contributed by atoms with Crippen molar-refractivity contribution in [2.75, 3.05) is 18.0 Å². The molecule has 1 amide bonds. The Balaban J connectivity index is 1.29. The van der Waals surface area contributed by atoms with Crippen LogP contribution in [0.2, 0.25) is 0 Å². The van der Waals surface area contributed by atoms with E-state index in [0.29, 0.717) is 17.8 Å². The van der Waals surface area contributed by atoms with Gasteiger partial charge in [0.15, 0.2) is 5.82 Å². The molecule has 1 aromatic heterocycles. The van der Waals surface area contributed by atoms with Gasteiger partial charge in [0, 0.05) is 31.1 Å². The van der Waals surface area contributed by atoms with Gasteiger partial charge in [0.1, 0.15) is 5.82 Å². The van der Waals surface area contributed by atoms with Gasteiger partial charge in [-0.1, -0.05) is 42.0 Å². The normalized spacial score (nSPS) is 14.5. The van der Waals surface area contributed by atoms with Gasteiger partial charge in [-0.25, -0.2) is 4.39 Å². The van der Waals surface area contributed by atoms with Crippen molar-refractivity contribution < 1.29 is 9.18 Å². The zero-order chi connectivity index (χ0) is 20.9. The first-order valence-electron chi connectivity index (χ1n) is 10.3. The minimum absolute atomic E-state index is 0.0197. The number of halogens is 1. The Labute approximate surface area is 176 Å². The number of anilines is 1. The number of carbonyl (C=O) groups excluding carboxylic acids is 1. The molecule has 1 N–H and O–H groups in total. The minimum Gasteiger partial charge on any atom is -0.355 e. The molecular weight excluding hydrogens is 379 g/mol. The third kappa shape index (κ3) is 4.82. The van der Waals surface area contributed by atoms with Crippen molar-refractivity contribution in [3.63, 3.8) is 0 Å². The fourth-order valence-electron chi connectivity index (χ4n) is 3.71. The highest BCUT2D eigenvalue weighted by Crippen LogP contribution is 2.24. The SMILES string of the molecule is Cc1ccc(CNC(=O)C2CCN(c3ccc(-c4cccc(F)c4)nn3)CC2)cc1. The van der Waals surface area contributed by atoms with E-state index in [1.165, 1.54) is 17.7 Å². The Morgan fingerprint density at radius 1 is 1.07 bits per heavy atom. The summed E-state index contributed by atoms with van der Waals surface area (Å²) in [6, 6.07) is 18.3. The number of hydrogen-bond acceptors (Lipinski definition) is 4. The molecule has 2 heterocycles. The first-order chi connectivity index (χ1) is 14.6. The summed E-state index contributed by atoms with van der Waals surface area (Å²) in [5.41, 5.74) is 3.67. The second kappa shape index (κ2) is 9.03. The van der Waals surface area contributed by atoms with Gasteiger partial charge in [-0.3, -0.25) is 4.79 Å². The third-order valence-corrected chi connectivity index (χ3v) is 5.55. The molecule has 3 aromatic rings. The smallest absolute Gasteiger partial charge is 0.223 e. The summed E-state index contributed by atoms with van der Waals surface area (Å²) in [7, 11) is 0.